The minimum absolute atomic E-state index is 0.00251. The van der Waals surface area contributed by atoms with Crippen LogP contribution in [0.15, 0.2) is 0 Å². The molecule has 20 heavy (non-hydrogen) atoms. The Bertz CT molecular complexity index is 489. The number of aliphatic carboxylic acids is 2. The van der Waals surface area contributed by atoms with E-state index in [2.05, 4.69) is 0 Å². The van der Waals surface area contributed by atoms with E-state index in [0.717, 1.165) is 8.61 Å². The van der Waals surface area contributed by atoms with Crippen molar-refractivity contribution in [1.82, 2.24) is 8.61 Å². The first-order chi connectivity index (χ1) is 9.09. The van der Waals surface area contributed by atoms with Crippen molar-refractivity contribution >= 4 is 22.1 Å². The van der Waals surface area contributed by atoms with Gasteiger partial charge in [0.05, 0.1) is 11.8 Å². The summed E-state index contributed by atoms with van der Waals surface area (Å²) in [6.07, 6.45) is -0.00251. The molecule has 1 rings (SSSR count). The van der Waals surface area contributed by atoms with Crippen molar-refractivity contribution in [2.24, 2.45) is 11.8 Å². The van der Waals surface area contributed by atoms with Crippen LogP contribution in [0.2, 0.25) is 0 Å². The van der Waals surface area contributed by atoms with Crippen LogP contribution in [0.5, 0.6) is 0 Å². The maximum absolute atomic E-state index is 12.3. The van der Waals surface area contributed by atoms with Crippen LogP contribution in [-0.2, 0) is 19.8 Å². The molecule has 0 saturated carbocycles. The van der Waals surface area contributed by atoms with E-state index in [1.807, 2.05) is 0 Å². The molecule has 2 N–H and O–H groups in total. The lowest BCUT2D eigenvalue weighted by Crippen LogP contribution is -2.53. The van der Waals surface area contributed by atoms with Gasteiger partial charge < -0.3 is 10.2 Å². The van der Waals surface area contributed by atoms with Gasteiger partial charge in [-0.3, -0.25) is 9.59 Å². The van der Waals surface area contributed by atoms with Crippen molar-refractivity contribution in [2.45, 2.75) is 26.3 Å². The zero-order valence-electron chi connectivity index (χ0n) is 11.7. The van der Waals surface area contributed by atoms with Gasteiger partial charge in [-0.25, -0.2) is 0 Å². The SMILES string of the molecule is CC(C)N(C)S(=O)(=O)N1CCC(C(=O)O)C(C(=O)O)C1. The summed E-state index contributed by atoms with van der Waals surface area (Å²) in [5, 5.41) is 18.1. The van der Waals surface area contributed by atoms with Gasteiger partial charge in [0.15, 0.2) is 0 Å². The first-order valence-electron chi connectivity index (χ1n) is 6.27. The minimum Gasteiger partial charge on any atom is -0.481 e. The highest BCUT2D eigenvalue weighted by Gasteiger charge is 2.43. The zero-order valence-corrected chi connectivity index (χ0v) is 12.5. The van der Waals surface area contributed by atoms with Gasteiger partial charge in [0, 0.05) is 26.2 Å². The van der Waals surface area contributed by atoms with Gasteiger partial charge in [0.25, 0.3) is 10.2 Å². The molecule has 1 heterocycles. The number of carbonyl (C=O) groups is 2. The Hall–Kier alpha value is -1.19. The van der Waals surface area contributed by atoms with E-state index in [1.165, 1.54) is 7.05 Å². The molecule has 0 spiro atoms. The van der Waals surface area contributed by atoms with Crippen molar-refractivity contribution in [3.8, 4) is 0 Å². The highest BCUT2D eigenvalue weighted by atomic mass is 32.2. The number of hydrogen-bond donors (Lipinski definition) is 2. The van der Waals surface area contributed by atoms with E-state index in [9.17, 15) is 18.0 Å². The average Bonchev–Trinajstić information content (AvgIpc) is 2.36. The number of nitrogens with zero attached hydrogens (tertiary/aromatic N) is 2. The third-order valence-corrected chi connectivity index (χ3v) is 5.76. The highest BCUT2D eigenvalue weighted by Crippen LogP contribution is 2.27. The predicted molar refractivity (Wildman–Crippen MR) is 70.3 cm³/mol. The molecule has 0 aromatic carbocycles. The summed E-state index contributed by atoms with van der Waals surface area (Å²) in [7, 11) is -2.35. The molecule has 116 valence electrons. The molecule has 0 radical (unpaired) electrons. The van der Waals surface area contributed by atoms with Gasteiger partial charge in [-0.05, 0) is 20.3 Å². The van der Waals surface area contributed by atoms with Crippen LogP contribution < -0.4 is 0 Å². The van der Waals surface area contributed by atoms with Crippen molar-refractivity contribution in [2.75, 3.05) is 20.1 Å². The smallest absolute Gasteiger partial charge is 0.308 e. The number of hydrogen-bond acceptors (Lipinski definition) is 4. The van der Waals surface area contributed by atoms with Crippen molar-refractivity contribution in [3.63, 3.8) is 0 Å². The largest absolute Gasteiger partial charge is 0.481 e. The summed E-state index contributed by atoms with van der Waals surface area (Å²) >= 11 is 0. The molecular formula is C11H20N2O6S. The van der Waals surface area contributed by atoms with E-state index in [-0.39, 0.29) is 25.6 Å². The van der Waals surface area contributed by atoms with E-state index in [4.69, 9.17) is 10.2 Å². The molecule has 0 amide bonds. The molecular weight excluding hydrogens is 288 g/mol. The lowest BCUT2D eigenvalue weighted by atomic mass is 9.86. The quantitative estimate of drug-likeness (QED) is 0.719. The van der Waals surface area contributed by atoms with Gasteiger partial charge in [0.2, 0.25) is 0 Å². The van der Waals surface area contributed by atoms with Crippen molar-refractivity contribution in [3.05, 3.63) is 0 Å². The summed E-state index contributed by atoms with van der Waals surface area (Å²) < 4.78 is 26.8. The zero-order chi connectivity index (χ0) is 15.7. The standard InChI is InChI=1S/C11H20N2O6S/c1-7(2)12(3)20(18,19)13-5-4-8(10(14)15)9(6-13)11(16)17/h7-9H,4-6H2,1-3H3,(H,14,15)(H,16,17). The fraction of sp³-hybridized carbons (Fsp3) is 0.818. The maximum atomic E-state index is 12.3. The Morgan fingerprint density at radius 1 is 1.20 bits per heavy atom. The Morgan fingerprint density at radius 3 is 2.10 bits per heavy atom. The molecule has 2 atom stereocenters. The fourth-order valence-electron chi connectivity index (χ4n) is 2.13. The number of rotatable bonds is 5. The molecule has 1 aliphatic heterocycles. The van der Waals surface area contributed by atoms with Gasteiger partial charge >= 0.3 is 11.9 Å². The Balaban J connectivity index is 2.97. The second-order valence-corrected chi connectivity index (χ2v) is 7.14. The van der Waals surface area contributed by atoms with Gasteiger partial charge in [0.1, 0.15) is 0 Å². The van der Waals surface area contributed by atoms with Gasteiger partial charge in [-0.2, -0.15) is 17.0 Å². The normalized spacial score (nSPS) is 25.1. The number of carboxylic acid groups (broad SMARTS) is 2. The molecule has 0 aliphatic carbocycles. The van der Waals surface area contributed by atoms with Crippen LogP contribution in [0.3, 0.4) is 0 Å². The summed E-state index contributed by atoms with van der Waals surface area (Å²) in [5.41, 5.74) is 0. The van der Waals surface area contributed by atoms with Crippen molar-refractivity contribution < 1.29 is 28.2 Å². The lowest BCUT2D eigenvalue weighted by Gasteiger charge is -2.36. The molecule has 9 heteroatoms. The highest BCUT2D eigenvalue weighted by molar-refractivity contribution is 7.86. The second kappa shape index (κ2) is 6.06. The Morgan fingerprint density at radius 2 is 1.70 bits per heavy atom. The lowest BCUT2D eigenvalue weighted by molar-refractivity contribution is -0.156. The summed E-state index contributed by atoms with van der Waals surface area (Å²) in [5.74, 6) is -4.77. The topological polar surface area (TPSA) is 115 Å². The third kappa shape index (κ3) is 3.28. The second-order valence-electron chi connectivity index (χ2n) is 5.15. The van der Waals surface area contributed by atoms with E-state index in [1.54, 1.807) is 13.8 Å². The van der Waals surface area contributed by atoms with Crippen LogP contribution >= 0.6 is 0 Å². The van der Waals surface area contributed by atoms with Crippen molar-refractivity contribution in [1.29, 1.82) is 0 Å². The van der Waals surface area contributed by atoms with Crippen LogP contribution in [0.4, 0.5) is 0 Å². The van der Waals surface area contributed by atoms with Crippen LogP contribution in [0.1, 0.15) is 20.3 Å². The molecule has 8 nitrogen and oxygen atoms in total. The molecule has 1 aliphatic rings. The molecule has 2 unspecified atom stereocenters. The van der Waals surface area contributed by atoms with E-state index >= 15 is 0 Å². The first kappa shape index (κ1) is 16.9. The minimum atomic E-state index is -3.77. The van der Waals surface area contributed by atoms with Crippen LogP contribution in [-0.4, -0.2) is 65.4 Å². The van der Waals surface area contributed by atoms with Crippen LogP contribution in [0, 0.1) is 11.8 Å². The number of piperidine rings is 1. The average molecular weight is 308 g/mol. The van der Waals surface area contributed by atoms with Gasteiger partial charge in [-0.15, -0.1) is 0 Å². The summed E-state index contributed by atoms with van der Waals surface area (Å²) in [4.78, 5) is 22.2. The van der Waals surface area contributed by atoms with Crippen LogP contribution in [0.25, 0.3) is 0 Å². The molecule has 1 fully saturated rings. The predicted octanol–water partition coefficient (Wildman–Crippen LogP) is -0.321. The Kier molecular flexibility index (Phi) is 5.11. The van der Waals surface area contributed by atoms with E-state index < -0.39 is 34.0 Å². The van der Waals surface area contributed by atoms with Gasteiger partial charge in [-0.1, -0.05) is 0 Å². The Labute approximate surface area is 118 Å². The molecule has 0 aromatic rings. The fourth-order valence-corrected chi connectivity index (χ4v) is 3.71. The number of carboxylic acids is 2. The molecule has 0 aromatic heterocycles. The summed E-state index contributed by atoms with van der Waals surface area (Å²) in [6, 6.07) is -0.263. The summed E-state index contributed by atoms with van der Waals surface area (Å²) in [6.45, 7) is 3.11. The first-order valence-corrected chi connectivity index (χ1v) is 7.67. The maximum Gasteiger partial charge on any atom is 0.308 e. The third-order valence-electron chi connectivity index (χ3n) is 3.63. The monoisotopic (exact) mass is 308 g/mol. The molecule has 1 saturated heterocycles. The molecule has 0 bridgehead atoms. The van der Waals surface area contributed by atoms with E-state index in [0.29, 0.717) is 0 Å².